The van der Waals surface area contributed by atoms with Gasteiger partial charge in [0.15, 0.2) is 0 Å². The van der Waals surface area contributed by atoms with E-state index in [0.29, 0.717) is 43.2 Å². The highest BCUT2D eigenvalue weighted by Crippen LogP contribution is 2.37. The normalized spacial score (nSPS) is 17.2. The third-order valence-corrected chi connectivity index (χ3v) is 4.30. The third kappa shape index (κ3) is 4.34. The van der Waals surface area contributed by atoms with E-state index in [1.807, 2.05) is 30.3 Å². The minimum atomic E-state index is -3.21. The van der Waals surface area contributed by atoms with Crippen molar-refractivity contribution in [1.82, 2.24) is 10.2 Å². The molecule has 0 saturated carbocycles. The number of ether oxygens (including phenoxy) is 1. The molecule has 134 valence electrons. The smallest absolute Gasteiger partial charge is 0.289 e. The van der Waals surface area contributed by atoms with Crippen molar-refractivity contribution in [1.29, 1.82) is 0 Å². The van der Waals surface area contributed by atoms with Gasteiger partial charge in [0.2, 0.25) is 0 Å². The maximum absolute atomic E-state index is 14.4. The fourth-order valence-electron chi connectivity index (χ4n) is 3.09. The standard InChI is InChI=1S/C19H22F2N2O2/c20-19(21,14-24)18(23-12-10-22-11-13-23)15-6-8-17(9-7-15)25-16-4-2-1-3-5-16/h1-9,18,22,24H,10-14H2/t18-/m0/s1. The predicted octanol–water partition coefficient (Wildman–Crippen LogP) is 3.05. The fourth-order valence-corrected chi connectivity index (χ4v) is 3.09. The summed E-state index contributed by atoms with van der Waals surface area (Å²) in [6, 6.07) is 14.8. The van der Waals surface area contributed by atoms with Crippen LogP contribution in [0.25, 0.3) is 0 Å². The van der Waals surface area contributed by atoms with Crippen LogP contribution in [-0.4, -0.2) is 48.7 Å². The van der Waals surface area contributed by atoms with E-state index in [1.165, 1.54) is 0 Å². The van der Waals surface area contributed by atoms with Gasteiger partial charge in [-0.05, 0) is 29.8 Å². The lowest BCUT2D eigenvalue weighted by atomic mass is 9.98. The first-order valence-electron chi connectivity index (χ1n) is 8.36. The molecule has 0 bridgehead atoms. The minimum absolute atomic E-state index is 0.473. The second-order valence-corrected chi connectivity index (χ2v) is 6.09. The zero-order chi connectivity index (χ0) is 17.7. The molecule has 0 unspecified atom stereocenters. The van der Waals surface area contributed by atoms with Crippen LogP contribution in [-0.2, 0) is 0 Å². The number of hydrogen-bond acceptors (Lipinski definition) is 4. The van der Waals surface area contributed by atoms with E-state index >= 15 is 0 Å². The number of rotatable bonds is 6. The lowest BCUT2D eigenvalue weighted by molar-refractivity contribution is -0.118. The van der Waals surface area contributed by atoms with E-state index in [2.05, 4.69) is 5.32 Å². The number of alkyl halides is 2. The summed E-state index contributed by atoms with van der Waals surface area (Å²) in [5.74, 6) is -1.94. The summed E-state index contributed by atoms with van der Waals surface area (Å²) < 4.78 is 34.5. The summed E-state index contributed by atoms with van der Waals surface area (Å²) in [5, 5.41) is 12.3. The Kier molecular flexibility index (Phi) is 5.63. The summed E-state index contributed by atoms with van der Waals surface area (Å²) in [7, 11) is 0. The molecule has 2 aromatic carbocycles. The Morgan fingerprint density at radius 3 is 2.20 bits per heavy atom. The van der Waals surface area contributed by atoms with E-state index < -0.39 is 18.6 Å². The Morgan fingerprint density at radius 2 is 1.60 bits per heavy atom. The molecule has 2 aromatic rings. The largest absolute Gasteiger partial charge is 0.457 e. The van der Waals surface area contributed by atoms with Gasteiger partial charge in [0.1, 0.15) is 24.1 Å². The van der Waals surface area contributed by atoms with Crippen molar-refractivity contribution in [2.24, 2.45) is 0 Å². The molecule has 3 rings (SSSR count). The fraction of sp³-hybridized carbons (Fsp3) is 0.368. The number of benzene rings is 2. The topological polar surface area (TPSA) is 44.7 Å². The first kappa shape index (κ1) is 17.8. The van der Waals surface area contributed by atoms with Crippen LogP contribution in [0.4, 0.5) is 8.78 Å². The van der Waals surface area contributed by atoms with E-state index in [9.17, 15) is 13.9 Å². The lowest BCUT2D eigenvalue weighted by Crippen LogP contribution is -2.51. The molecule has 1 aliphatic rings. The van der Waals surface area contributed by atoms with Crippen LogP contribution in [0.5, 0.6) is 11.5 Å². The van der Waals surface area contributed by atoms with E-state index in [0.717, 1.165) is 0 Å². The van der Waals surface area contributed by atoms with Crippen LogP contribution < -0.4 is 10.1 Å². The Hall–Kier alpha value is -2.02. The predicted molar refractivity (Wildman–Crippen MR) is 92.2 cm³/mol. The first-order chi connectivity index (χ1) is 12.1. The van der Waals surface area contributed by atoms with Crippen molar-refractivity contribution in [3.63, 3.8) is 0 Å². The van der Waals surface area contributed by atoms with Gasteiger partial charge in [-0.15, -0.1) is 0 Å². The molecule has 4 nitrogen and oxygen atoms in total. The second-order valence-electron chi connectivity index (χ2n) is 6.09. The average molecular weight is 348 g/mol. The molecule has 1 aliphatic heterocycles. The van der Waals surface area contributed by atoms with Crippen molar-refractivity contribution in [2.75, 3.05) is 32.8 Å². The summed E-state index contributed by atoms with van der Waals surface area (Å²) in [5.41, 5.74) is 0.473. The van der Waals surface area contributed by atoms with Crippen LogP contribution in [0.1, 0.15) is 11.6 Å². The summed E-state index contributed by atoms with van der Waals surface area (Å²) in [6.45, 7) is 1.18. The maximum atomic E-state index is 14.4. The number of aliphatic hydroxyl groups excluding tert-OH is 1. The number of nitrogens with one attached hydrogen (secondary N) is 1. The highest BCUT2D eigenvalue weighted by molar-refractivity contribution is 5.34. The van der Waals surface area contributed by atoms with Gasteiger partial charge >= 0.3 is 0 Å². The van der Waals surface area contributed by atoms with Gasteiger partial charge in [0.25, 0.3) is 5.92 Å². The summed E-state index contributed by atoms with van der Waals surface area (Å²) in [4.78, 5) is 1.72. The molecule has 0 aromatic heterocycles. The molecule has 0 amide bonds. The zero-order valence-corrected chi connectivity index (χ0v) is 13.9. The lowest BCUT2D eigenvalue weighted by Gasteiger charge is -2.38. The molecule has 25 heavy (non-hydrogen) atoms. The molecule has 0 aliphatic carbocycles. The molecule has 0 spiro atoms. The molecule has 0 radical (unpaired) electrons. The maximum Gasteiger partial charge on any atom is 0.289 e. The number of para-hydroxylation sites is 1. The Morgan fingerprint density at radius 1 is 1.00 bits per heavy atom. The zero-order valence-electron chi connectivity index (χ0n) is 13.9. The molecular formula is C19H22F2N2O2. The number of hydrogen-bond donors (Lipinski definition) is 2. The highest BCUT2D eigenvalue weighted by Gasteiger charge is 2.43. The highest BCUT2D eigenvalue weighted by atomic mass is 19.3. The van der Waals surface area contributed by atoms with Gasteiger partial charge in [-0.2, -0.15) is 0 Å². The van der Waals surface area contributed by atoms with Crippen LogP contribution in [0.15, 0.2) is 54.6 Å². The van der Waals surface area contributed by atoms with E-state index in [1.54, 1.807) is 29.2 Å². The molecule has 1 fully saturated rings. The Balaban J connectivity index is 1.81. The number of nitrogens with zero attached hydrogens (tertiary/aromatic N) is 1. The van der Waals surface area contributed by atoms with Gasteiger partial charge in [0.05, 0.1) is 0 Å². The Labute approximate surface area is 146 Å². The number of aliphatic hydroxyl groups is 1. The third-order valence-electron chi connectivity index (χ3n) is 4.30. The summed E-state index contributed by atoms with van der Waals surface area (Å²) in [6.07, 6.45) is 0. The van der Waals surface area contributed by atoms with Crippen molar-refractivity contribution < 1.29 is 18.6 Å². The van der Waals surface area contributed by atoms with Crippen molar-refractivity contribution >= 4 is 0 Å². The van der Waals surface area contributed by atoms with E-state index in [-0.39, 0.29) is 0 Å². The molecule has 1 atom stereocenters. The average Bonchev–Trinajstić information content (AvgIpc) is 2.65. The van der Waals surface area contributed by atoms with Crippen LogP contribution in [0, 0.1) is 0 Å². The Bertz CT molecular complexity index is 659. The van der Waals surface area contributed by atoms with Gasteiger partial charge in [-0.1, -0.05) is 30.3 Å². The van der Waals surface area contributed by atoms with Crippen molar-refractivity contribution in [2.45, 2.75) is 12.0 Å². The van der Waals surface area contributed by atoms with Gasteiger partial charge < -0.3 is 15.2 Å². The quantitative estimate of drug-likeness (QED) is 0.842. The van der Waals surface area contributed by atoms with Gasteiger partial charge in [-0.3, -0.25) is 4.90 Å². The van der Waals surface area contributed by atoms with Gasteiger partial charge in [0, 0.05) is 26.2 Å². The molecule has 6 heteroatoms. The first-order valence-corrected chi connectivity index (χ1v) is 8.36. The summed E-state index contributed by atoms with van der Waals surface area (Å²) >= 11 is 0. The van der Waals surface area contributed by atoms with Crippen molar-refractivity contribution in [3.8, 4) is 11.5 Å². The molecule has 2 N–H and O–H groups in total. The van der Waals surface area contributed by atoms with Crippen LogP contribution in [0.2, 0.25) is 0 Å². The van der Waals surface area contributed by atoms with Crippen LogP contribution >= 0.6 is 0 Å². The van der Waals surface area contributed by atoms with Crippen LogP contribution in [0.3, 0.4) is 0 Å². The van der Waals surface area contributed by atoms with E-state index in [4.69, 9.17) is 4.74 Å². The van der Waals surface area contributed by atoms with Gasteiger partial charge in [-0.25, -0.2) is 8.78 Å². The minimum Gasteiger partial charge on any atom is -0.457 e. The second kappa shape index (κ2) is 7.91. The molecule has 1 heterocycles. The SMILES string of the molecule is OCC(F)(F)[C@H](c1ccc(Oc2ccccc2)cc1)N1CCNCC1. The molecule has 1 saturated heterocycles. The molecular weight excluding hydrogens is 326 g/mol. The number of halogens is 2. The monoisotopic (exact) mass is 348 g/mol. The van der Waals surface area contributed by atoms with Crippen molar-refractivity contribution in [3.05, 3.63) is 60.2 Å². The number of piperazine rings is 1.